The molecule has 15 heavy (non-hydrogen) atoms. The molecule has 0 N–H and O–H groups in total. The molecule has 0 amide bonds. The lowest BCUT2D eigenvalue weighted by Gasteiger charge is -2.05. The summed E-state index contributed by atoms with van der Waals surface area (Å²) in [6, 6.07) is 5.31. The van der Waals surface area contributed by atoms with Crippen molar-refractivity contribution in [2.75, 3.05) is 13.2 Å². The smallest absolute Gasteiger partial charge is 0.188 e. The van der Waals surface area contributed by atoms with Crippen molar-refractivity contribution in [3.05, 3.63) is 34.3 Å². The Kier molecular flexibility index (Phi) is 4.79. The van der Waals surface area contributed by atoms with E-state index in [-0.39, 0.29) is 12.4 Å². The number of carbonyl (C=O) groups excluding carboxylic acids is 1. The summed E-state index contributed by atoms with van der Waals surface area (Å²) in [7, 11) is 0. The molecule has 0 aromatic heterocycles. The van der Waals surface area contributed by atoms with Crippen LogP contribution in [0.1, 0.15) is 29.3 Å². The standard InChI is InChI=1S/C12H15ClO2/c1-3-6-15-8-12(14)11-7-10(13)5-4-9(11)2/h4-5,7H,3,6,8H2,1-2H3. The van der Waals surface area contributed by atoms with Gasteiger partial charge in [-0.15, -0.1) is 0 Å². The highest BCUT2D eigenvalue weighted by atomic mass is 35.5. The van der Waals surface area contributed by atoms with Gasteiger partial charge in [-0.2, -0.15) is 0 Å². The van der Waals surface area contributed by atoms with E-state index in [1.807, 2.05) is 19.9 Å². The van der Waals surface area contributed by atoms with Gasteiger partial charge in [0.2, 0.25) is 0 Å². The number of halogens is 1. The molecule has 1 rings (SSSR count). The van der Waals surface area contributed by atoms with E-state index in [0.29, 0.717) is 17.2 Å². The van der Waals surface area contributed by atoms with Gasteiger partial charge in [0.05, 0.1) is 0 Å². The third kappa shape index (κ3) is 3.65. The van der Waals surface area contributed by atoms with E-state index in [1.165, 1.54) is 0 Å². The molecule has 0 bridgehead atoms. The van der Waals surface area contributed by atoms with Crippen LogP contribution in [-0.4, -0.2) is 19.0 Å². The van der Waals surface area contributed by atoms with Crippen molar-refractivity contribution in [2.24, 2.45) is 0 Å². The molecule has 0 atom stereocenters. The van der Waals surface area contributed by atoms with E-state index in [2.05, 4.69) is 0 Å². The molecule has 0 radical (unpaired) electrons. The highest BCUT2D eigenvalue weighted by molar-refractivity contribution is 6.31. The summed E-state index contributed by atoms with van der Waals surface area (Å²) in [4.78, 5) is 11.7. The molecule has 1 aromatic rings. The van der Waals surface area contributed by atoms with E-state index >= 15 is 0 Å². The lowest BCUT2D eigenvalue weighted by atomic mass is 10.1. The molecular weight excluding hydrogens is 212 g/mol. The molecule has 3 heteroatoms. The monoisotopic (exact) mass is 226 g/mol. The van der Waals surface area contributed by atoms with Crippen molar-refractivity contribution in [2.45, 2.75) is 20.3 Å². The van der Waals surface area contributed by atoms with Crippen LogP contribution < -0.4 is 0 Å². The number of rotatable bonds is 5. The van der Waals surface area contributed by atoms with Gasteiger partial charge >= 0.3 is 0 Å². The molecule has 0 fully saturated rings. The second-order valence-corrected chi connectivity index (χ2v) is 3.87. The molecule has 2 nitrogen and oxygen atoms in total. The van der Waals surface area contributed by atoms with Gasteiger partial charge in [-0.3, -0.25) is 4.79 Å². The fourth-order valence-corrected chi connectivity index (χ4v) is 1.45. The number of hydrogen-bond acceptors (Lipinski definition) is 2. The normalized spacial score (nSPS) is 10.3. The zero-order valence-corrected chi connectivity index (χ0v) is 9.80. The van der Waals surface area contributed by atoms with Crippen LogP contribution in [0.3, 0.4) is 0 Å². The molecule has 0 spiro atoms. The molecule has 0 unspecified atom stereocenters. The Bertz CT molecular complexity index is 347. The van der Waals surface area contributed by atoms with Crippen LogP contribution in [0.4, 0.5) is 0 Å². The Hall–Kier alpha value is -0.860. The Labute approximate surface area is 95.2 Å². The molecule has 0 saturated heterocycles. The summed E-state index contributed by atoms with van der Waals surface area (Å²) in [5, 5.41) is 0.583. The molecule has 0 aliphatic heterocycles. The van der Waals surface area contributed by atoms with Gasteiger partial charge in [-0.1, -0.05) is 24.6 Å². The van der Waals surface area contributed by atoms with Crippen LogP contribution in [0.15, 0.2) is 18.2 Å². The van der Waals surface area contributed by atoms with E-state index < -0.39 is 0 Å². The van der Waals surface area contributed by atoms with Gasteiger partial charge in [0.15, 0.2) is 5.78 Å². The summed E-state index contributed by atoms with van der Waals surface area (Å²) in [6.07, 6.45) is 0.918. The summed E-state index contributed by atoms with van der Waals surface area (Å²) in [5.41, 5.74) is 1.59. The average Bonchev–Trinajstić information content (AvgIpc) is 2.22. The van der Waals surface area contributed by atoms with Gasteiger partial charge in [0.1, 0.15) is 6.61 Å². The topological polar surface area (TPSA) is 26.3 Å². The van der Waals surface area contributed by atoms with Gasteiger partial charge < -0.3 is 4.74 Å². The molecule has 0 heterocycles. The van der Waals surface area contributed by atoms with Gasteiger partial charge in [-0.05, 0) is 31.0 Å². The van der Waals surface area contributed by atoms with Gasteiger partial charge in [-0.25, -0.2) is 0 Å². The number of benzene rings is 1. The first-order chi connectivity index (χ1) is 7.15. The molecule has 82 valence electrons. The molecular formula is C12H15ClO2. The minimum Gasteiger partial charge on any atom is -0.373 e. The highest BCUT2D eigenvalue weighted by Crippen LogP contribution is 2.15. The van der Waals surface area contributed by atoms with Crippen molar-refractivity contribution in [3.63, 3.8) is 0 Å². The van der Waals surface area contributed by atoms with Crippen molar-refractivity contribution in [1.82, 2.24) is 0 Å². The number of aryl methyl sites for hydroxylation is 1. The van der Waals surface area contributed by atoms with Crippen molar-refractivity contribution in [3.8, 4) is 0 Å². The molecule has 0 saturated carbocycles. The Balaban J connectivity index is 2.68. The zero-order valence-electron chi connectivity index (χ0n) is 9.05. The number of ketones is 1. The van der Waals surface area contributed by atoms with Crippen molar-refractivity contribution >= 4 is 17.4 Å². The van der Waals surface area contributed by atoms with E-state index in [0.717, 1.165) is 12.0 Å². The van der Waals surface area contributed by atoms with Crippen molar-refractivity contribution < 1.29 is 9.53 Å². The van der Waals surface area contributed by atoms with E-state index in [1.54, 1.807) is 12.1 Å². The summed E-state index contributed by atoms with van der Waals surface area (Å²) < 4.78 is 5.20. The molecule has 1 aromatic carbocycles. The number of carbonyl (C=O) groups is 1. The maximum Gasteiger partial charge on any atom is 0.188 e. The highest BCUT2D eigenvalue weighted by Gasteiger charge is 2.09. The molecule has 0 aliphatic rings. The fraction of sp³-hybridized carbons (Fsp3) is 0.417. The van der Waals surface area contributed by atoms with Crippen LogP contribution in [0.5, 0.6) is 0 Å². The molecule has 0 aliphatic carbocycles. The van der Waals surface area contributed by atoms with E-state index in [4.69, 9.17) is 16.3 Å². The quantitative estimate of drug-likeness (QED) is 0.569. The second-order valence-electron chi connectivity index (χ2n) is 3.44. The number of Topliss-reactive ketones (excluding diaryl/α,β-unsaturated/α-hetero) is 1. The first kappa shape index (κ1) is 12.2. The minimum absolute atomic E-state index is 0.0107. The van der Waals surface area contributed by atoms with Crippen LogP contribution >= 0.6 is 11.6 Å². The van der Waals surface area contributed by atoms with Gasteiger partial charge in [0.25, 0.3) is 0 Å². The summed E-state index contributed by atoms with van der Waals surface area (Å²) in [6.45, 7) is 4.65. The van der Waals surface area contributed by atoms with Crippen LogP contribution in [0.25, 0.3) is 0 Å². The first-order valence-corrected chi connectivity index (χ1v) is 5.40. The minimum atomic E-state index is -0.0107. The number of ether oxygens (including phenoxy) is 1. The lowest BCUT2D eigenvalue weighted by Crippen LogP contribution is -2.11. The fourth-order valence-electron chi connectivity index (χ4n) is 1.28. The Morgan fingerprint density at radius 3 is 2.87 bits per heavy atom. The number of hydrogen-bond donors (Lipinski definition) is 0. The van der Waals surface area contributed by atoms with Crippen molar-refractivity contribution in [1.29, 1.82) is 0 Å². The lowest BCUT2D eigenvalue weighted by molar-refractivity contribution is 0.0761. The average molecular weight is 227 g/mol. The second kappa shape index (κ2) is 5.89. The Morgan fingerprint density at radius 2 is 2.20 bits per heavy atom. The zero-order chi connectivity index (χ0) is 11.3. The SMILES string of the molecule is CCCOCC(=O)c1cc(Cl)ccc1C. The van der Waals surface area contributed by atoms with E-state index in [9.17, 15) is 4.79 Å². The van der Waals surface area contributed by atoms with Crippen LogP contribution in [-0.2, 0) is 4.74 Å². The predicted octanol–water partition coefficient (Wildman–Crippen LogP) is 3.26. The maximum atomic E-state index is 11.7. The third-order valence-electron chi connectivity index (χ3n) is 2.08. The third-order valence-corrected chi connectivity index (χ3v) is 2.32. The largest absolute Gasteiger partial charge is 0.373 e. The maximum absolute atomic E-state index is 11.7. The van der Waals surface area contributed by atoms with Gasteiger partial charge in [0, 0.05) is 17.2 Å². The van der Waals surface area contributed by atoms with Crippen LogP contribution in [0.2, 0.25) is 5.02 Å². The summed E-state index contributed by atoms with van der Waals surface area (Å²) >= 11 is 5.83. The Morgan fingerprint density at radius 1 is 1.47 bits per heavy atom. The predicted molar refractivity (Wildman–Crippen MR) is 61.6 cm³/mol. The summed E-state index contributed by atoms with van der Waals surface area (Å²) in [5.74, 6) is -0.0107. The first-order valence-electron chi connectivity index (χ1n) is 5.02. The van der Waals surface area contributed by atoms with Crippen LogP contribution in [0, 0.1) is 6.92 Å².